The number of phenols is 1. The van der Waals surface area contributed by atoms with Crippen molar-refractivity contribution in [3.8, 4) is 5.75 Å². The quantitative estimate of drug-likeness (QED) is 0.916. The highest BCUT2D eigenvalue weighted by atomic mass is 79.9. The van der Waals surface area contributed by atoms with Crippen molar-refractivity contribution in [2.24, 2.45) is 0 Å². The molecule has 0 aliphatic heterocycles. The molecular weight excluding hydrogens is 342 g/mol. The summed E-state index contributed by atoms with van der Waals surface area (Å²) in [7, 11) is -2.10. The van der Waals surface area contributed by atoms with Crippen LogP contribution in [-0.2, 0) is 16.6 Å². The Kier molecular flexibility index (Phi) is 4.47. The first kappa shape index (κ1) is 15.0. The molecule has 106 valence electrons. The Hall–Kier alpha value is -1.37. The molecule has 2 aromatic rings. The highest BCUT2D eigenvalue weighted by molar-refractivity contribution is 9.10. The SMILES string of the molecule is CN(Cc1cccc(Br)c1)S(=O)(=O)c1cccc(O)c1. The molecule has 2 rings (SSSR count). The molecule has 0 radical (unpaired) electrons. The number of rotatable bonds is 4. The Morgan fingerprint density at radius 1 is 1.15 bits per heavy atom. The lowest BCUT2D eigenvalue weighted by molar-refractivity contribution is 0.460. The molecule has 4 nitrogen and oxygen atoms in total. The van der Waals surface area contributed by atoms with Gasteiger partial charge in [-0.3, -0.25) is 0 Å². The van der Waals surface area contributed by atoms with Crippen molar-refractivity contribution in [3.05, 3.63) is 58.6 Å². The van der Waals surface area contributed by atoms with Gasteiger partial charge in [-0.05, 0) is 35.9 Å². The van der Waals surface area contributed by atoms with Crippen molar-refractivity contribution in [1.82, 2.24) is 4.31 Å². The van der Waals surface area contributed by atoms with E-state index in [4.69, 9.17) is 0 Å². The Balaban J connectivity index is 2.26. The predicted molar refractivity (Wildman–Crippen MR) is 80.9 cm³/mol. The molecule has 0 spiro atoms. The fourth-order valence-corrected chi connectivity index (χ4v) is 3.45. The van der Waals surface area contributed by atoms with Crippen LogP contribution in [0.4, 0.5) is 0 Å². The number of aromatic hydroxyl groups is 1. The first-order valence-corrected chi connectivity index (χ1v) is 8.13. The molecule has 20 heavy (non-hydrogen) atoms. The van der Waals surface area contributed by atoms with E-state index < -0.39 is 10.0 Å². The number of hydrogen-bond donors (Lipinski definition) is 1. The van der Waals surface area contributed by atoms with E-state index in [0.29, 0.717) is 0 Å². The van der Waals surface area contributed by atoms with Crippen LogP contribution in [0.25, 0.3) is 0 Å². The minimum absolute atomic E-state index is 0.0677. The summed E-state index contributed by atoms with van der Waals surface area (Å²) in [5.41, 5.74) is 0.880. The van der Waals surface area contributed by atoms with Crippen LogP contribution in [-0.4, -0.2) is 24.9 Å². The molecule has 6 heteroatoms. The lowest BCUT2D eigenvalue weighted by Crippen LogP contribution is -2.26. The van der Waals surface area contributed by atoms with Crippen molar-refractivity contribution < 1.29 is 13.5 Å². The summed E-state index contributed by atoms with van der Waals surface area (Å²) in [5.74, 6) is -0.0677. The van der Waals surface area contributed by atoms with E-state index >= 15 is 0 Å². The van der Waals surface area contributed by atoms with Crippen LogP contribution in [0.5, 0.6) is 5.75 Å². The zero-order valence-electron chi connectivity index (χ0n) is 10.8. The maximum Gasteiger partial charge on any atom is 0.243 e. The fourth-order valence-electron chi connectivity index (χ4n) is 1.80. The third-order valence-corrected chi connectivity index (χ3v) is 5.11. The van der Waals surface area contributed by atoms with Crippen molar-refractivity contribution in [3.63, 3.8) is 0 Å². The number of nitrogens with zero attached hydrogens (tertiary/aromatic N) is 1. The molecular formula is C14H14BrNO3S. The molecule has 0 heterocycles. The van der Waals surface area contributed by atoms with E-state index in [-0.39, 0.29) is 17.2 Å². The average Bonchev–Trinajstić information content (AvgIpc) is 2.38. The molecule has 0 unspecified atom stereocenters. The summed E-state index contributed by atoms with van der Waals surface area (Å²) in [6.45, 7) is 0.261. The van der Waals surface area contributed by atoms with E-state index in [9.17, 15) is 13.5 Å². The van der Waals surface area contributed by atoms with Crippen molar-refractivity contribution >= 4 is 26.0 Å². The monoisotopic (exact) mass is 355 g/mol. The number of halogens is 1. The van der Waals surface area contributed by atoms with Crippen LogP contribution in [0.1, 0.15) is 5.56 Å². The second kappa shape index (κ2) is 5.95. The van der Waals surface area contributed by atoms with Gasteiger partial charge in [0.05, 0.1) is 4.90 Å². The molecule has 0 aliphatic rings. The average molecular weight is 356 g/mol. The van der Waals surface area contributed by atoms with Crippen LogP contribution in [0.3, 0.4) is 0 Å². The molecule has 1 N–H and O–H groups in total. The van der Waals surface area contributed by atoms with Crippen LogP contribution in [0, 0.1) is 0 Å². The minimum atomic E-state index is -3.61. The molecule has 0 aliphatic carbocycles. The number of benzene rings is 2. The normalized spacial score (nSPS) is 11.8. The summed E-state index contributed by atoms with van der Waals surface area (Å²) in [5, 5.41) is 9.40. The number of sulfonamides is 1. The summed E-state index contributed by atoms with van der Waals surface area (Å²) in [4.78, 5) is 0.0787. The highest BCUT2D eigenvalue weighted by Crippen LogP contribution is 2.21. The molecule has 0 saturated heterocycles. The topological polar surface area (TPSA) is 57.6 Å². The van der Waals surface area contributed by atoms with Gasteiger partial charge in [0.15, 0.2) is 0 Å². The van der Waals surface area contributed by atoms with E-state index in [1.807, 2.05) is 24.3 Å². The second-order valence-corrected chi connectivity index (χ2v) is 7.35. The molecule has 0 aromatic heterocycles. The zero-order valence-corrected chi connectivity index (χ0v) is 13.2. The second-order valence-electron chi connectivity index (χ2n) is 4.39. The van der Waals surface area contributed by atoms with Gasteiger partial charge in [0, 0.05) is 18.1 Å². The summed E-state index contributed by atoms with van der Waals surface area (Å²) in [6, 6.07) is 13.1. The third-order valence-electron chi connectivity index (χ3n) is 2.82. The highest BCUT2D eigenvalue weighted by Gasteiger charge is 2.21. The number of phenolic OH excluding ortho intramolecular Hbond substituents is 1. The largest absolute Gasteiger partial charge is 0.508 e. The predicted octanol–water partition coefficient (Wildman–Crippen LogP) is 2.98. The van der Waals surface area contributed by atoms with Gasteiger partial charge in [0.2, 0.25) is 10.0 Å². The van der Waals surface area contributed by atoms with Gasteiger partial charge in [-0.2, -0.15) is 4.31 Å². The molecule has 2 aromatic carbocycles. The fraction of sp³-hybridized carbons (Fsp3) is 0.143. The molecule has 0 saturated carbocycles. The van der Waals surface area contributed by atoms with Gasteiger partial charge in [-0.15, -0.1) is 0 Å². The van der Waals surface area contributed by atoms with Crippen molar-refractivity contribution in [2.45, 2.75) is 11.4 Å². The standard InChI is InChI=1S/C14H14BrNO3S/c1-16(10-11-4-2-5-12(15)8-11)20(18,19)14-7-3-6-13(17)9-14/h2-9,17H,10H2,1H3. The third kappa shape index (κ3) is 3.39. The smallest absolute Gasteiger partial charge is 0.243 e. The molecule has 0 amide bonds. The van der Waals surface area contributed by atoms with E-state index in [2.05, 4.69) is 15.9 Å². The minimum Gasteiger partial charge on any atom is -0.508 e. The van der Waals surface area contributed by atoms with Crippen molar-refractivity contribution in [2.75, 3.05) is 7.05 Å². The summed E-state index contributed by atoms with van der Waals surface area (Å²) >= 11 is 3.36. The molecule has 0 bridgehead atoms. The van der Waals surface area contributed by atoms with Gasteiger partial charge >= 0.3 is 0 Å². The van der Waals surface area contributed by atoms with Crippen LogP contribution in [0.15, 0.2) is 57.9 Å². The van der Waals surface area contributed by atoms with Gasteiger partial charge < -0.3 is 5.11 Å². The Morgan fingerprint density at radius 2 is 1.85 bits per heavy atom. The summed E-state index contributed by atoms with van der Waals surface area (Å²) < 4.78 is 26.9. The maximum atomic E-state index is 12.4. The maximum absolute atomic E-state index is 12.4. The van der Waals surface area contributed by atoms with Crippen LogP contribution < -0.4 is 0 Å². The molecule has 0 fully saturated rings. The van der Waals surface area contributed by atoms with E-state index in [1.54, 1.807) is 0 Å². The Bertz CT molecular complexity index is 716. The van der Waals surface area contributed by atoms with E-state index in [0.717, 1.165) is 10.0 Å². The van der Waals surface area contributed by atoms with Crippen molar-refractivity contribution in [1.29, 1.82) is 0 Å². The Morgan fingerprint density at radius 3 is 2.50 bits per heavy atom. The lowest BCUT2D eigenvalue weighted by atomic mass is 10.2. The van der Waals surface area contributed by atoms with Gasteiger partial charge in [-0.1, -0.05) is 34.1 Å². The van der Waals surface area contributed by atoms with Gasteiger partial charge in [0.1, 0.15) is 5.75 Å². The van der Waals surface area contributed by atoms with Gasteiger partial charge in [-0.25, -0.2) is 8.42 Å². The number of hydrogen-bond acceptors (Lipinski definition) is 3. The summed E-state index contributed by atoms with van der Waals surface area (Å²) in [6.07, 6.45) is 0. The van der Waals surface area contributed by atoms with Gasteiger partial charge in [0.25, 0.3) is 0 Å². The van der Waals surface area contributed by atoms with Crippen LogP contribution in [0.2, 0.25) is 0 Å². The zero-order chi connectivity index (χ0) is 14.8. The first-order chi connectivity index (χ1) is 9.39. The van der Waals surface area contributed by atoms with E-state index in [1.165, 1.54) is 35.6 Å². The molecule has 0 atom stereocenters. The lowest BCUT2D eigenvalue weighted by Gasteiger charge is -2.17. The first-order valence-electron chi connectivity index (χ1n) is 5.89. The Labute approximate surface area is 126 Å². The van der Waals surface area contributed by atoms with Crippen LogP contribution >= 0.6 is 15.9 Å².